The number of likely N-dealkylation sites (tertiary alicyclic amines) is 1. The van der Waals surface area contributed by atoms with Crippen molar-refractivity contribution in [2.75, 3.05) is 13.1 Å². The number of nitriles is 2. The Labute approximate surface area is 114 Å². The van der Waals surface area contributed by atoms with Gasteiger partial charge in [-0.3, -0.25) is 0 Å². The van der Waals surface area contributed by atoms with Gasteiger partial charge in [-0.2, -0.15) is 10.5 Å². The molecule has 1 aromatic rings. The summed E-state index contributed by atoms with van der Waals surface area (Å²) in [5.74, 6) is 0. The number of hydrogen-bond donors (Lipinski definition) is 0. The van der Waals surface area contributed by atoms with Crippen LogP contribution in [-0.4, -0.2) is 18.0 Å². The quantitative estimate of drug-likeness (QED) is 0.774. The average Bonchev–Trinajstić information content (AvgIpc) is 2.49. The number of rotatable bonds is 3. The van der Waals surface area contributed by atoms with Crippen molar-refractivity contribution in [2.24, 2.45) is 0 Å². The molecule has 0 aliphatic carbocycles. The average molecular weight is 251 g/mol. The summed E-state index contributed by atoms with van der Waals surface area (Å²) >= 11 is 0. The summed E-state index contributed by atoms with van der Waals surface area (Å²) in [6.45, 7) is 1.95. The molecule has 0 unspecified atom stereocenters. The highest BCUT2D eigenvalue weighted by molar-refractivity contribution is 5.70. The van der Waals surface area contributed by atoms with Crippen LogP contribution in [0.2, 0.25) is 0 Å². The molecule has 2 rings (SSSR count). The van der Waals surface area contributed by atoms with E-state index in [-0.39, 0.29) is 6.42 Å². The molecule has 1 heterocycles. The second-order valence-corrected chi connectivity index (χ2v) is 4.69. The van der Waals surface area contributed by atoms with E-state index in [2.05, 4.69) is 17.0 Å². The Morgan fingerprint density at radius 1 is 1.05 bits per heavy atom. The number of hydrogen-bond acceptors (Lipinski definition) is 3. The summed E-state index contributed by atoms with van der Waals surface area (Å²) in [6.07, 6.45) is 3.74. The highest BCUT2D eigenvalue weighted by Gasteiger charge is 2.18. The van der Waals surface area contributed by atoms with E-state index < -0.39 is 0 Å². The lowest BCUT2D eigenvalue weighted by molar-refractivity contribution is 0.324. The molecule has 19 heavy (non-hydrogen) atoms. The summed E-state index contributed by atoms with van der Waals surface area (Å²) in [4.78, 5) is 2.26. The normalized spacial score (nSPS) is 16.2. The van der Waals surface area contributed by atoms with Gasteiger partial charge in [-0.1, -0.05) is 30.3 Å². The molecule has 1 saturated heterocycles. The van der Waals surface area contributed by atoms with E-state index in [1.165, 1.54) is 6.42 Å². The third-order valence-corrected chi connectivity index (χ3v) is 3.40. The lowest BCUT2D eigenvalue weighted by Crippen LogP contribution is -2.29. The van der Waals surface area contributed by atoms with Crippen LogP contribution in [0, 0.1) is 22.7 Å². The van der Waals surface area contributed by atoms with Crippen LogP contribution in [0.5, 0.6) is 0 Å². The predicted octanol–water partition coefficient (Wildman–Crippen LogP) is 3.32. The molecule has 0 aromatic heterocycles. The van der Waals surface area contributed by atoms with Gasteiger partial charge < -0.3 is 4.90 Å². The van der Waals surface area contributed by atoms with Crippen molar-refractivity contribution in [3.8, 4) is 12.1 Å². The van der Waals surface area contributed by atoms with E-state index in [9.17, 15) is 5.26 Å². The molecule has 0 bridgehead atoms. The second kappa shape index (κ2) is 6.61. The Hall–Kier alpha value is -2.26. The first-order valence-corrected chi connectivity index (χ1v) is 6.67. The molecule has 3 heteroatoms. The molecular weight excluding hydrogens is 234 g/mol. The van der Waals surface area contributed by atoms with Crippen molar-refractivity contribution < 1.29 is 0 Å². The van der Waals surface area contributed by atoms with Crippen molar-refractivity contribution in [1.29, 1.82) is 10.5 Å². The van der Waals surface area contributed by atoms with Gasteiger partial charge in [-0.25, -0.2) is 0 Å². The van der Waals surface area contributed by atoms with Crippen LogP contribution in [0.1, 0.15) is 31.2 Å². The van der Waals surface area contributed by atoms with Crippen molar-refractivity contribution in [2.45, 2.75) is 25.7 Å². The van der Waals surface area contributed by atoms with Crippen LogP contribution >= 0.6 is 0 Å². The zero-order valence-electron chi connectivity index (χ0n) is 11.0. The Kier molecular flexibility index (Phi) is 4.59. The fourth-order valence-corrected chi connectivity index (χ4v) is 2.52. The molecule has 1 aliphatic rings. The van der Waals surface area contributed by atoms with Crippen molar-refractivity contribution >= 4 is 5.70 Å². The maximum atomic E-state index is 9.33. The first kappa shape index (κ1) is 13.2. The summed E-state index contributed by atoms with van der Waals surface area (Å²) in [6, 6.07) is 14.3. The Bertz CT molecular complexity index is 525. The SMILES string of the molecule is N#CC/C(C#N)=C(/c1ccccc1)N1CCCCC1. The highest BCUT2D eigenvalue weighted by Crippen LogP contribution is 2.27. The largest absolute Gasteiger partial charge is 0.370 e. The number of nitrogens with zero attached hydrogens (tertiary/aromatic N) is 3. The standard InChI is InChI=1S/C16H17N3/c17-10-9-15(13-18)16(14-7-3-1-4-8-14)19-11-5-2-6-12-19/h1,3-4,7-8H,2,5-6,9,11-12H2/b16-15+. The first-order chi connectivity index (χ1) is 9.36. The zero-order chi connectivity index (χ0) is 13.5. The smallest absolute Gasteiger partial charge is 0.0980 e. The van der Waals surface area contributed by atoms with Gasteiger partial charge in [0.15, 0.2) is 0 Å². The molecule has 96 valence electrons. The molecule has 1 aromatic carbocycles. The lowest BCUT2D eigenvalue weighted by atomic mass is 10.0. The molecule has 0 amide bonds. The van der Waals surface area contributed by atoms with Crippen molar-refractivity contribution in [1.82, 2.24) is 4.90 Å². The summed E-state index contributed by atoms with van der Waals surface area (Å²) < 4.78 is 0. The summed E-state index contributed by atoms with van der Waals surface area (Å²) in [7, 11) is 0. The highest BCUT2D eigenvalue weighted by atomic mass is 15.1. The minimum atomic E-state index is 0.178. The molecule has 3 nitrogen and oxygen atoms in total. The molecule has 0 saturated carbocycles. The Morgan fingerprint density at radius 2 is 1.74 bits per heavy atom. The third kappa shape index (κ3) is 3.14. The van der Waals surface area contributed by atoms with Crippen LogP contribution in [0.15, 0.2) is 35.9 Å². The molecular formula is C16H17N3. The van der Waals surface area contributed by atoms with Crippen molar-refractivity contribution in [3.63, 3.8) is 0 Å². The molecule has 1 aliphatic heterocycles. The van der Waals surface area contributed by atoms with Crippen LogP contribution in [-0.2, 0) is 0 Å². The first-order valence-electron chi connectivity index (χ1n) is 6.67. The molecule has 0 atom stereocenters. The van der Waals surface area contributed by atoms with E-state index >= 15 is 0 Å². The van der Waals surface area contributed by atoms with Gasteiger partial charge >= 0.3 is 0 Å². The Morgan fingerprint density at radius 3 is 2.32 bits per heavy atom. The monoisotopic (exact) mass is 251 g/mol. The van der Waals surface area contributed by atoms with Gasteiger partial charge in [-0.05, 0) is 24.8 Å². The molecule has 1 fully saturated rings. The van der Waals surface area contributed by atoms with E-state index in [0.717, 1.165) is 37.2 Å². The summed E-state index contributed by atoms with van der Waals surface area (Å²) in [5.41, 5.74) is 2.57. The van der Waals surface area contributed by atoms with Crippen LogP contribution in [0.3, 0.4) is 0 Å². The van der Waals surface area contributed by atoms with E-state index in [0.29, 0.717) is 5.57 Å². The van der Waals surface area contributed by atoms with Gasteiger partial charge in [0.05, 0.1) is 29.8 Å². The lowest BCUT2D eigenvalue weighted by Gasteiger charge is -2.32. The fraction of sp³-hybridized carbons (Fsp3) is 0.375. The Balaban J connectivity index is 2.44. The molecule has 0 spiro atoms. The minimum absolute atomic E-state index is 0.178. The third-order valence-electron chi connectivity index (χ3n) is 3.40. The summed E-state index contributed by atoms with van der Waals surface area (Å²) in [5, 5.41) is 18.2. The number of benzene rings is 1. The van der Waals surface area contributed by atoms with Crippen LogP contribution < -0.4 is 0 Å². The molecule has 0 radical (unpaired) electrons. The van der Waals surface area contributed by atoms with Gasteiger partial charge in [0.1, 0.15) is 0 Å². The maximum Gasteiger partial charge on any atom is 0.0980 e. The number of allylic oxidation sites excluding steroid dienone is 1. The minimum Gasteiger partial charge on any atom is -0.370 e. The van der Waals surface area contributed by atoms with Gasteiger partial charge in [0, 0.05) is 13.1 Å². The van der Waals surface area contributed by atoms with Gasteiger partial charge in [0.25, 0.3) is 0 Å². The second-order valence-electron chi connectivity index (χ2n) is 4.69. The van der Waals surface area contributed by atoms with E-state index in [1.807, 2.05) is 30.3 Å². The van der Waals surface area contributed by atoms with Gasteiger partial charge in [-0.15, -0.1) is 0 Å². The predicted molar refractivity (Wildman–Crippen MR) is 74.6 cm³/mol. The van der Waals surface area contributed by atoms with Crippen molar-refractivity contribution in [3.05, 3.63) is 41.5 Å². The van der Waals surface area contributed by atoms with Gasteiger partial charge in [0.2, 0.25) is 0 Å². The van der Waals surface area contributed by atoms with E-state index in [4.69, 9.17) is 5.26 Å². The fourth-order valence-electron chi connectivity index (χ4n) is 2.52. The zero-order valence-corrected chi connectivity index (χ0v) is 11.0. The topological polar surface area (TPSA) is 50.8 Å². The molecule has 0 N–H and O–H groups in total. The van der Waals surface area contributed by atoms with Crippen LogP contribution in [0.4, 0.5) is 0 Å². The number of piperidine rings is 1. The van der Waals surface area contributed by atoms with Crippen LogP contribution in [0.25, 0.3) is 5.70 Å². The maximum absolute atomic E-state index is 9.33. The van der Waals surface area contributed by atoms with E-state index in [1.54, 1.807) is 0 Å².